The van der Waals surface area contributed by atoms with E-state index < -0.39 is 0 Å². The molecular formula is C19H25N5O2. The maximum atomic E-state index is 12.4. The molecule has 2 aromatic rings. The lowest BCUT2D eigenvalue weighted by Gasteiger charge is -2.29. The van der Waals surface area contributed by atoms with Crippen LogP contribution in [0.4, 0.5) is 0 Å². The van der Waals surface area contributed by atoms with Crippen LogP contribution in [0.2, 0.25) is 0 Å². The predicted molar refractivity (Wildman–Crippen MR) is 99.5 cm³/mol. The molecule has 1 aliphatic rings. The minimum atomic E-state index is -0.346. The third-order valence-electron chi connectivity index (χ3n) is 5.09. The van der Waals surface area contributed by atoms with Gasteiger partial charge in [-0.2, -0.15) is 0 Å². The van der Waals surface area contributed by atoms with Crippen LogP contribution >= 0.6 is 0 Å². The van der Waals surface area contributed by atoms with E-state index in [0.717, 1.165) is 18.4 Å². The summed E-state index contributed by atoms with van der Waals surface area (Å²) < 4.78 is 0. The Morgan fingerprint density at radius 1 is 1.46 bits per heavy atom. The van der Waals surface area contributed by atoms with E-state index in [1.54, 1.807) is 25.4 Å². The van der Waals surface area contributed by atoms with Gasteiger partial charge in [0.15, 0.2) is 0 Å². The average Bonchev–Trinajstić information content (AvgIpc) is 3.47. The lowest BCUT2D eigenvalue weighted by molar-refractivity contribution is -0.123. The number of aryl methyl sites for hydroxylation is 1. The van der Waals surface area contributed by atoms with Gasteiger partial charge in [-0.15, -0.1) is 0 Å². The van der Waals surface area contributed by atoms with Crippen LogP contribution in [0, 0.1) is 12.8 Å². The Hall–Kier alpha value is -2.54. The van der Waals surface area contributed by atoms with Crippen molar-refractivity contribution in [2.75, 3.05) is 6.54 Å². The number of rotatable bonds is 7. The Labute approximate surface area is 152 Å². The van der Waals surface area contributed by atoms with Crippen LogP contribution in [0.3, 0.4) is 0 Å². The lowest BCUT2D eigenvalue weighted by Crippen LogP contribution is -2.53. The number of aromatic nitrogens is 3. The standard InChI is InChI=1S/C19H25N5O2/c1-12-15(7-8-16(25)24-19(2,11-20)14-5-6-14)18(26)23-17(22-12)13-4-3-9-21-10-13/h3-4,9-10,14H,5-8,11,20H2,1-2H3,(H,24,25)(H,22,23,26). The Bertz CT molecular complexity index is 845. The summed E-state index contributed by atoms with van der Waals surface area (Å²) in [6.45, 7) is 4.20. The number of aromatic amines is 1. The topological polar surface area (TPSA) is 114 Å². The van der Waals surface area contributed by atoms with Crippen LogP contribution in [0.15, 0.2) is 29.3 Å². The van der Waals surface area contributed by atoms with E-state index in [2.05, 4.69) is 20.3 Å². The Kier molecular flexibility index (Phi) is 5.18. The number of pyridine rings is 1. The highest BCUT2D eigenvalue weighted by atomic mass is 16.1. The molecule has 0 spiro atoms. The lowest BCUT2D eigenvalue weighted by atomic mass is 9.95. The molecule has 2 heterocycles. The molecule has 26 heavy (non-hydrogen) atoms. The highest BCUT2D eigenvalue weighted by Crippen LogP contribution is 2.39. The molecule has 7 nitrogen and oxygen atoms in total. The number of hydrogen-bond donors (Lipinski definition) is 3. The maximum Gasteiger partial charge on any atom is 0.254 e. The van der Waals surface area contributed by atoms with Gasteiger partial charge in [-0.25, -0.2) is 4.98 Å². The number of hydrogen-bond acceptors (Lipinski definition) is 5. The molecule has 1 fully saturated rings. The monoisotopic (exact) mass is 355 g/mol. The van der Waals surface area contributed by atoms with E-state index >= 15 is 0 Å². The van der Waals surface area contributed by atoms with E-state index in [0.29, 0.717) is 36.0 Å². The summed E-state index contributed by atoms with van der Waals surface area (Å²) in [4.78, 5) is 36.1. The number of nitrogens with one attached hydrogen (secondary N) is 2. The van der Waals surface area contributed by atoms with Gasteiger partial charge in [-0.05, 0) is 51.2 Å². The first-order valence-corrected chi connectivity index (χ1v) is 8.94. The largest absolute Gasteiger partial charge is 0.349 e. The minimum absolute atomic E-state index is 0.0833. The molecular weight excluding hydrogens is 330 g/mol. The molecule has 7 heteroatoms. The molecule has 138 valence electrons. The summed E-state index contributed by atoms with van der Waals surface area (Å²) >= 11 is 0. The van der Waals surface area contributed by atoms with Gasteiger partial charge in [-0.3, -0.25) is 14.6 Å². The summed E-state index contributed by atoms with van der Waals surface area (Å²) in [6, 6.07) is 3.63. The number of carbonyl (C=O) groups is 1. The second-order valence-electron chi connectivity index (χ2n) is 7.16. The third-order valence-corrected chi connectivity index (χ3v) is 5.09. The van der Waals surface area contributed by atoms with Crippen molar-refractivity contribution in [1.29, 1.82) is 0 Å². The second-order valence-corrected chi connectivity index (χ2v) is 7.16. The molecule has 1 unspecified atom stereocenters. The summed E-state index contributed by atoms with van der Waals surface area (Å²) in [5, 5.41) is 3.05. The van der Waals surface area contributed by atoms with Crippen molar-refractivity contribution in [1.82, 2.24) is 20.3 Å². The third kappa shape index (κ3) is 3.99. The van der Waals surface area contributed by atoms with Crippen molar-refractivity contribution in [3.63, 3.8) is 0 Å². The van der Waals surface area contributed by atoms with Gasteiger partial charge in [0, 0.05) is 42.2 Å². The molecule has 0 saturated heterocycles. The normalized spacial score (nSPS) is 16.1. The number of carbonyl (C=O) groups excluding carboxylic acids is 1. The number of nitrogens with two attached hydrogens (primary N) is 1. The van der Waals surface area contributed by atoms with Crippen LogP contribution in [-0.2, 0) is 11.2 Å². The summed E-state index contributed by atoms with van der Waals surface area (Å²) in [5.41, 5.74) is 7.19. The molecule has 3 rings (SSSR count). The molecule has 0 bridgehead atoms. The first-order valence-electron chi connectivity index (χ1n) is 8.94. The van der Waals surface area contributed by atoms with Gasteiger partial charge in [-0.1, -0.05) is 0 Å². The molecule has 4 N–H and O–H groups in total. The van der Waals surface area contributed by atoms with E-state index in [9.17, 15) is 9.59 Å². The van der Waals surface area contributed by atoms with E-state index in [1.807, 2.05) is 13.0 Å². The predicted octanol–water partition coefficient (Wildman–Crippen LogP) is 1.32. The molecule has 2 aromatic heterocycles. The van der Waals surface area contributed by atoms with E-state index in [-0.39, 0.29) is 23.4 Å². The van der Waals surface area contributed by atoms with Crippen molar-refractivity contribution in [3.05, 3.63) is 46.1 Å². The van der Waals surface area contributed by atoms with Crippen molar-refractivity contribution in [3.8, 4) is 11.4 Å². The molecule has 1 atom stereocenters. The highest BCUT2D eigenvalue weighted by Gasteiger charge is 2.41. The fourth-order valence-corrected chi connectivity index (χ4v) is 3.20. The second kappa shape index (κ2) is 7.37. The van der Waals surface area contributed by atoms with Crippen LogP contribution in [0.1, 0.15) is 37.4 Å². The van der Waals surface area contributed by atoms with Gasteiger partial charge in [0.2, 0.25) is 5.91 Å². The van der Waals surface area contributed by atoms with Crippen molar-refractivity contribution >= 4 is 5.91 Å². The SMILES string of the molecule is Cc1nc(-c2cccnc2)[nH]c(=O)c1CCC(=O)NC(C)(CN)C1CC1. The van der Waals surface area contributed by atoms with Crippen molar-refractivity contribution in [2.45, 2.75) is 45.1 Å². The maximum absolute atomic E-state index is 12.4. The van der Waals surface area contributed by atoms with Crippen LogP contribution in [0.5, 0.6) is 0 Å². The Morgan fingerprint density at radius 2 is 2.23 bits per heavy atom. The van der Waals surface area contributed by atoms with Gasteiger partial charge < -0.3 is 16.0 Å². The summed E-state index contributed by atoms with van der Waals surface area (Å²) in [5.74, 6) is 0.861. The first kappa shape index (κ1) is 18.3. The minimum Gasteiger partial charge on any atom is -0.349 e. The van der Waals surface area contributed by atoms with Gasteiger partial charge in [0.25, 0.3) is 5.56 Å². The number of amides is 1. The Morgan fingerprint density at radius 3 is 2.81 bits per heavy atom. The smallest absolute Gasteiger partial charge is 0.254 e. The molecule has 0 aromatic carbocycles. The molecule has 1 saturated carbocycles. The number of H-pyrrole nitrogens is 1. The molecule has 0 radical (unpaired) electrons. The zero-order chi connectivity index (χ0) is 18.7. The fourth-order valence-electron chi connectivity index (χ4n) is 3.20. The zero-order valence-electron chi connectivity index (χ0n) is 15.2. The average molecular weight is 355 g/mol. The Balaban J connectivity index is 1.68. The zero-order valence-corrected chi connectivity index (χ0v) is 15.2. The molecule has 1 amide bonds. The van der Waals surface area contributed by atoms with E-state index in [1.165, 1.54) is 0 Å². The first-order chi connectivity index (χ1) is 12.4. The van der Waals surface area contributed by atoms with Crippen LogP contribution < -0.4 is 16.6 Å². The van der Waals surface area contributed by atoms with Crippen molar-refractivity contribution < 1.29 is 4.79 Å². The fraction of sp³-hybridized carbons (Fsp3) is 0.474. The van der Waals surface area contributed by atoms with Crippen LogP contribution in [0.25, 0.3) is 11.4 Å². The highest BCUT2D eigenvalue weighted by molar-refractivity contribution is 5.77. The van der Waals surface area contributed by atoms with Gasteiger partial charge >= 0.3 is 0 Å². The summed E-state index contributed by atoms with van der Waals surface area (Å²) in [6.07, 6.45) is 6.10. The molecule has 1 aliphatic carbocycles. The van der Waals surface area contributed by atoms with Crippen LogP contribution in [-0.4, -0.2) is 32.9 Å². The number of nitrogens with zero attached hydrogens (tertiary/aromatic N) is 2. The quantitative estimate of drug-likeness (QED) is 0.693. The van der Waals surface area contributed by atoms with Gasteiger partial charge in [0.1, 0.15) is 5.82 Å². The van der Waals surface area contributed by atoms with Gasteiger partial charge in [0.05, 0.1) is 5.54 Å². The van der Waals surface area contributed by atoms with Crippen molar-refractivity contribution in [2.24, 2.45) is 11.7 Å². The summed E-state index contributed by atoms with van der Waals surface area (Å²) in [7, 11) is 0. The molecule has 0 aliphatic heterocycles. The van der Waals surface area contributed by atoms with E-state index in [4.69, 9.17) is 5.73 Å².